The molecule has 0 aliphatic heterocycles. The van der Waals surface area contributed by atoms with Crippen molar-refractivity contribution < 1.29 is 0 Å². The highest BCUT2D eigenvalue weighted by Crippen LogP contribution is 2.55. The van der Waals surface area contributed by atoms with Crippen LogP contribution in [0.5, 0.6) is 0 Å². The Morgan fingerprint density at radius 2 is 2.12 bits per heavy atom. The van der Waals surface area contributed by atoms with Crippen molar-refractivity contribution in [3.05, 3.63) is 34.3 Å². The first-order valence-electron chi connectivity index (χ1n) is 6.26. The van der Waals surface area contributed by atoms with Gasteiger partial charge >= 0.3 is 0 Å². The summed E-state index contributed by atoms with van der Waals surface area (Å²) in [5.41, 5.74) is 9.16. The van der Waals surface area contributed by atoms with Crippen molar-refractivity contribution in [3.8, 4) is 0 Å². The van der Waals surface area contributed by atoms with Gasteiger partial charge in [-0.3, -0.25) is 0 Å². The van der Waals surface area contributed by atoms with E-state index in [4.69, 9.17) is 17.3 Å². The lowest BCUT2D eigenvalue weighted by Crippen LogP contribution is -2.40. The molecule has 1 nitrogen and oxygen atoms in total. The van der Waals surface area contributed by atoms with Crippen LogP contribution in [0.4, 0.5) is 0 Å². The summed E-state index contributed by atoms with van der Waals surface area (Å²) in [4.78, 5) is 0. The van der Waals surface area contributed by atoms with Gasteiger partial charge in [-0.25, -0.2) is 0 Å². The normalized spacial score (nSPS) is 26.2. The Morgan fingerprint density at radius 3 is 2.75 bits per heavy atom. The summed E-state index contributed by atoms with van der Waals surface area (Å²) >= 11 is 6.42. The summed E-state index contributed by atoms with van der Waals surface area (Å²) in [6.07, 6.45) is 6.52. The fourth-order valence-electron chi connectivity index (χ4n) is 3.52. The van der Waals surface area contributed by atoms with Gasteiger partial charge in [-0.1, -0.05) is 30.2 Å². The molecule has 2 heteroatoms. The van der Waals surface area contributed by atoms with Gasteiger partial charge in [-0.2, -0.15) is 0 Å². The van der Waals surface area contributed by atoms with Crippen LogP contribution in [-0.4, -0.2) is 6.54 Å². The highest BCUT2D eigenvalue weighted by atomic mass is 35.5. The van der Waals surface area contributed by atoms with Crippen molar-refractivity contribution in [2.45, 2.75) is 43.4 Å². The third-order valence-electron chi connectivity index (χ3n) is 4.58. The van der Waals surface area contributed by atoms with Gasteiger partial charge in [0, 0.05) is 5.02 Å². The van der Waals surface area contributed by atoms with E-state index in [9.17, 15) is 0 Å². The number of rotatable bonds is 1. The minimum Gasteiger partial charge on any atom is -0.330 e. The summed E-state index contributed by atoms with van der Waals surface area (Å²) in [5, 5.41) is 0.968. The second-order valence-corrected chi connectivity index (χ2v) is 5.72. The van der Waals surface area contributed by atoms with E-state index in [1.807, 2.05) is 6.07 Å². The fraction of sp³-hybridized carbons (Fsp3) is 0.571. The molecule has 0 aromatic heterocycles. The van der Waals surface area contributed by atoms with E-state index < -0.39 is 0 Å². The second-order valence-electron chi connectivity index (χ2n) is 5.31. The summed E-state index contributed by atoms with van der Waals surface area (Å²) < 4.78 is 0. The Balaban J connectivity index is 2.14. The molecular formula is C14H18ClN. The molecular weight excluding hydrogens is 218 g/mol. The molecule has 0 saturated heterocycles. The number of benzene rings is 1. The van der Waals surface area contributed by atoms with Gasteiger partial charge in [0.1, 0.15) is 0 Å². The first-order chi connectivity index (χ1) is 7.77. The molecule has 1 saturated carbocycles. The van der Waals surface area contributed by atoms with Crippen LogP contribution in [0.1, 0.15) is 49.1 Å². The highest BCUT2D eigenvalue weighted by molar-refractivity contribution is 6.31. The molecule has 1 fully saturated rings. The Labute approximate surface area is 102 Å². The van der Waals surface area contributed by atoms with Crippen LogP contribution >= 0.6 is 11.6 Å². The van der Waals surface area contributed by atoms with Gasteiger partial charge < -0.3 is 5.73 Å². The monoisotopic (exact) mass is 235 g/mol. The van der Waals surface area contributed by atoms with Crippen molar-refractivity contribution >= 4 is 11.6 Å². The van der Waals surface area contributed by atoms with Gasteiger partial charge in [-0.05, 0) is 60.8 Å². The minimum atomic E-state index is 0.416. The Morgan fingerprint density at radius 1 is 1.31 bits per heavy atom. The predicted molar refractivity (Wildman–Crippen MR) is 68.0 cm³/mol. The molecule has 1 aromatic carbocycles. The average Bonchev–Trinajstić information content (AvgIpc) is 2.26. The lowest BCUT2D eigenvalue weighted by Gasteiger charge is -2.48. The van der Waals surface area contributed by atoms with Crippen LogP contribution in [0.2, 0.25) is 5.02 Å². The van der Waals surface area contributed by atoms with Crippen molar-refractivity contribution in [1.82, 2.24) is 0 Å². The molecule has 0 bridgehead atoms. The van der Waals surface area contributed by atoms with Crippen LogP contribution in [0.25, 0.3) is 0 Å². The maximum Gasteiger partial charge on any atom is 0.0446 e. The van der Waals surface area contributed by atoms with Crippen LogP contribution in [-0.2, 0) is 5.41 Å². The number of hydrogen-bond donors (Lipinski definition) is 1. The standard InChI is InChI=1S/C14H18ClN/c15-12-4-1-3-11-10(9-16)5-8-14(13(11)12)6-2-7-14/h1,3-4,10H,2,5-9,16H2. The summed E-state index contributed by atoms with van der Waals surface area (Å²) in [6.45, 7) is 0.753. The third-order valence-corrected chi connectivity index (χ3v) is 4.90. The number of halogens is 1. The topological polar surface area (TPSA) is 26.0 Å². The van der Waals surface area contributed by atoms with Crippen LogP contribution < -0.4 is 5.73 Å². The smallest absolute Gasteiger partial charge is 0.0446 e. The Hall–Kier alpha value is -0.530. The Kier molecular flexibility index (Phi) is 2.49. The van der Waals surface area contributed by atoms with E-state index >= 15 is 0 Å². The number of hydrogen-bond acceptors (Lipinski definition) is 1. The molecule has 1 atom stereocenters. The maximum atomic E-state index is 6.42. The Bertz CT molecular complexity index is 409. The number of nitrogens with two attached hydrogens (primary N) is 1. The van der Waals surface area contributed by atoms with Crippen LogP contribution in [0, 0.1) is 0 Å². The van der Waals surface area contributed by atoms with E-state index in [-0.39, 0.29) is 0 Å². The van der Waals surface area contributed by atoms with Crippen molar-refractivity contribution in [1.29, 1.82) is 0 Å². The van der Waals surface area contributed by atoms with Crippen LogP contribution in [0.3, 0.4) is 0 Å². The van der Waals surface area contributed by atoms with Gasteiger partial charge in [-0.15, -0.1) is 0 Å². The van der Waals surface area contributed by atoms with Crippen molar-refractivity contribution in [2.75, 3.05) is 6.54 Å². The number of fused-ring (bicyclic) bond motifs is 2. The first kappa shape index (κ1) is 10.6. The van der Waals surface area contributed by atoms with Gasteiger partial charge in [0.05, 0.1) is 0 Å². The summed E-state index contributed by atoms with van der Waals surface area (Å²) in [6, 6.07) is 6.35. The quantitative estimate of drug-likeness (QED) is 0.791. The molecule has 86 valence electrons. The van der Waals surface area contributed by atoms with E-state index in [1.54, 1.807) is 0 Å². The SMILES string of the molecule is NCC1CCC2(CCC2)c2c(Cl)cccc21. The molecule has 3 rings (SSSR count). The second kappa shape index (κ2) is 3.75. The van der Waals surface area contributed by atoms with E-state index in [0.29, 0.717) is 11.3 Å². The molecule has 1 aromatic rings. The first-order valence-corrected chi connectivity index (χ1v) is 6.64. The van der Waals surface area contributed by atoms with E-state index in [1.165, 1.54) is 43.2 Å². The summed E-state index contributed by atoms with van der Waals surface area (Å²) in [7, 11) is 0. The lowest BCUT2D eigenvalue weighted by atomic mass is 9.56. The van der Waals surface area contributed by atoms with Gasteiger partial charge in [0.15, 0.2) is 0 Å². The molecule has 1 unspecified atom stereocenters. The zero-order valence-electron chi connectivity index (χ0n) is 9.51. The van der Waals surface area contributed by atoms with Crippen molar-refractivity contribution in [2.24, 2.45) is 5.73 Å². The molecule has 2 aliphatic rings. The van der Waals surface area contributed by atoms with Gasteiger partial charge in [0.2, 0.25) is 0 Å². The third kappa shape index (κ3) is 1.34. The highest BCUT2D eigenvalue weighted by Gasteiger charge is 2.44. The maximum absolute atomic E-state index is 6.42. The van der Waals surface area contributed by atoms with Gasteiger partial charge in [0.25, 0.3) is 0 Å². The zero-order valence-corrected chi connectivity index (χ0v) is 10.3. The van der Waals surface area contributed by atoms with E-state index in [0.717, 1.165) is 11.6 Å². The molecule has 2 aliphatic carbocycles. The van der Waals surface area contributed by atoms with Crippen LogP contribution in [0.15, 0.2) is 18.2 Å². The zero-order chi connectivity index (χ0) is 11.2. The molecule has 16 heavy (non-hydrogen) atoms. The minimum absolute atomic E-state index is 0.416. The molecule has 1 spiro atoms. The average molecular weight is 236 g/mol. The molecule has 0 heterocycles. The largest absolute Gasteiger partial charge is 0.330 e. The van der Waals surface area contributed by atoms with Crippen molar-refractivity contribution in [3.63, 3.8) is 0 Å². The molecule has 0 radical (unpaired) electrons. The fourth-order valence-corrected chi connectivity index (χ4v) is 3.90. The lowest BCUT2D eigenvalue weighted by molar-refractivity contribution is 0.199. The van der Waals surface area contributed by atoms with E-state index in [2.05, 4.69) is 12.1 Å². The molecule has 0 amide bonds. The molecule has 2 N–H and O–H groups in total. The predicted octanol–water partition coefficient (Wildman–Crippen LogP) is 3.60. The summed E-state index contributed by atoms with van der Waals surface area (Å²) in [5.74, 6) is 0.528.